The highest BCUT2D eigenvalue weighted by molar-refractivity contribution is 9.10. The van der Waals surface area contributed by atoms with Crippen LogP contribution in [0.25, 0.3) is 10.8 Å². The van der Waals surface area contributed by atoms with Crippen molar-refractivity contribution in [2.45, 2.75) is 6.42 Å². The van der Waals surface area contributed by atoms with Crippen LogP contribution in [0.15, 0.2) is 71.2 Å². The van der Waals surface area contributed by atoms with Crippen LogP contribution in [-0.4, -0.2) is 18.4 Å². The fourth-order valence-corrected chi connectivity index (χ4v) is 3.07. The molecule has 3 aromatic carbocycles. The summed E-state index contributed by atoms with van der Waals surface area (Å²) in [6, 6.07) is 20.8. The van der Waals surface area contributed by atoms with Gasteiger partial charge in [-0.25, -0.2) is 0 Å². The molecule has 3 rings (SSSR count). The third-order valence-electron chi connectivity index (χ3n) is 3.75. The van der Waals surface area contributed by atoms with Crippen molar-refractivity contribution in [2.24, 2.45) is 0 Å². The maximum atomic E-state index is 12.1. The lowest BCUT2D eigenvalue weighted by Crippen LogP contribution is -2.16. The lowest BCUT2D eigenvalue weighted by atomic mass is 10.0. The molecule has 0 fully saturated rings. The fraction of sp³-hybridized carbons (Fsp3) is 0.100. The fourth-order valence-electron chi connectivity index (χ4n) is 2.56. The summed E-state index contributed by atoms with van der Waals surface area (Å²) in [5.41, 5.74) is 1.40. The summed E-state index contributed by atoms with van der Waals surface area (Å²) in [4.78, 5) is 24.2. The molecule has 0 heterocycles. The van der Waals surface area contributed by atoms with Gasteiger partial charge in [0.15, 0.2) is 6.61 Å². The van der Waals surface area contributed by atoms with Crippen LogP contribution in [0.3, 0.4) is 0 Å². The summed E-state index contributed by atoms with van der Waals surface area (Å²) >= 11 is 3.32. The number of carbonyl (C=O) groups is 2. The second kappa shape index (κ2) is 7.41. The Hall–Kier alpha value is -2.46. The molecule has 0 spiro atoms. The molecule has 0 aliphatic heterocycles. The summed E-state index contributed by atoms with van der Waals surface area (Å²) in [7, 11) is 0. The molecule has 0 aromatic heterocycles. The van der Waals surface area contributed by atoms with Gasteiger partial charge in [0.25, 0.3) is 0 Å². The lowest BCUT2D eigenvalue weighted by Gasteiger charge is -2.08. The summed E-state index contributed by atoms with van der Waals surface area (Å²) in [5, 5.41) is 2.10. The van der Waals surface area contributed by atoms with Crippen molar-refractivity contribution < 1.29 is 14.3 Å². The van der Waals surface area contributed by atoms with Crippen molar-refractivity contribution in [3.63, 3.8) is 0 Å². The maximum absolute atomic E-state index is 12.1. The molecular weight excluding hydrogens is 368 g/mol. The Morgan fingerprint density at radius 1 is 0.875 bits per heavy atom. The van der Waals surface area contributed by atoms with E-state index in [2.05, 4.69) is 15.9 Å². The second-order valence-corrected chi connectivity index (χ2v) is 6.23. The molecule has 3 aromatic rings. The summed E-state index contributed by atoms with van der Waals surface area (Å²) < 4.78 is 5.85. The average Bonchev–Trinajstić information content (AvgIpc) is 2.60. The van der Waals surface area contributed by atoms with Gasteiger partial charge in [-0.1, -0.05) is 76.6 Å². The molecule has 0 amide bonds. The average molecular weight is 383 g/mol. The second-order valence-electron chi connectivity index (χ2n) is 5.38. The zero-order valence-electron chi connectivity index (χ0n) is 12.9. The first-order chi connectivity index (χ1) is 11.6. The Morgan fingerprint density at radius 2 is 1.58 bits per heavy atom. The predicted molar refractivity (Wildman–Crippen MR) is 97.1 cm³/mol. The van der Waals surface area contributed by atoms with Crippen molar-refractivity contribution >= 4 is 38.5 Å². The Labute approximate surface area is 148 Å². The van der Waals surface area contributed by atoms with Gasteiger partial charge in [-0.15, -0.1) is 0 Å². The van der Waals surface area contributed by atoms with Crippen molar-refractivity contribution in [1.82, 2.24) is 0 Å². The van der Waals surface area contributed by atoms with Gasteiger partial charge in [-0.3, -0.25) is 9.59 Å². The molecule has 4 heteroatoms. The molecule has 0 N–H and O–H groups in total. The molecule has 0 saturated heterocycles. The molecule has 0 bridgehead atoms. The Bertz CT molecular complexity index is 897. The van der Waals surface area contributed by atoms with Crippen molar-refractivity contribution in [3.05, 3.63) is 82.3 Å². The number of rotatable bonds is 5. The molecule has 0 radical (unpaired) electrons. The first-order valence-electron chi connectivity index (χ1n) is 7.55. The van der Waals surface area contributed by atoms with Gasteiger partial charge in [-0.2, -0.15) is 0 Å². The van der Waals surface area contributed by atoms with Gasteiger partial charge in [0.1, 0.15) is 0 Å². The van der Waals surface area contributed by atoms with Crippen LogP contribution in [0, 0.1) is 0 Å². The predicted octanol–water partition coefficient (Wildman–Crippen LogP) is 4.57. The number of benzene rings is 3. The van der Waals surface area contributed by atoms with Crippen LogP contribution in [0.1, 0.15) is 15.9 Å². The van der Waals surface area contributed by atoms with Crippen molar-refractivity contribution in [2.75, 3.05) is 6.61 Å². The largest absolute Gasteiger partial charge is 0.457 e. The van der Waals surface area contributed by atoms with Gasteiger partial charge in [-0.05, 0) is 22.4 Å². The molecule has 24 heavy (non-hydrogen) atoms. The van der Waals surface area contributed by atoms with Crippen molar-refractivity contribution in [3.8, 4) is 0 Å². The van der Waals surface area contributed by atoms with E-state index in [0.29, 0.717) is 10.0 Å². The number of carbonyl (C=O) groups excluding carboxylic acids is 2. The standard InChI is InChI=1S/C20H15BrO3/c21-18-11-4-3-10-17(18)19(22)13-24-20(23)12-15-8-5-7-14-6-1-2-9-16(14)15/h1-11H,12-13H2. The first kappa shape index (κ1) is 16.4. The van der Waals surface area contributed by atoms with E-state index in [9.17, 15) is 9.59 Å². The van der Waals surface area contributed by atoms with E-state index in [1.807, 2.05) is 48.5 Å². The Kier molecular flexibility index (Phi) is 5.06. The highest BCUT2D eigenvalue weighted by Gasteiger charge is 2.13. The molecule has 0 saturated carbocycles. The van der Waals surface area contributed by atoms with Gasteiger partial charge in [0.2, 0.25) is 5.78 Å². The molecule has 120 valence electrons. The molecule has 3 nitrogen and oxygen atoms in total. The number of fused-ring (bicyclic) bond motifs is 1. The highest BCUT2D eigenvalue weighted by atomic mass is 79.9. The number of halogens is 1. The molecule has 0 aliphatic rings. The quantitative estimate of drug-likeness (QED) is 0.479. The Morgan fingerprint density at radius 3 is 2.42 bits per heavy atom. The zero-order chi connectivity index (χ0) is 16.9. The summed E-state index contributed by atoms with van der Waals surface area (Å²) in [6.45, 7) is -0.258. The first-order valence-corrected chi connectivity index (χ1v) is 8.34. The number of ether oxygens (including phenoxy) is 1. The number of Topliss-reactive ketones (excluding diaryl/α,β-unsaturated/α-hetero) is 1. The molecule has 0 aliphatic carbocycles. The van der Waals surface area contributed by atoms with Crippen LogP contribution in [0.2, 0.25) is 0 Å². The highest BCUT2D eigenvalue weighted by Crippen LogP contribution is 2.19. The van der Waals surface area contributed by atoms with Crippen molar-refractivity contribution in [1.29, 1.82) is 0 Å². The van der Waals surface area contributed by atoms with E-state index < -0.39 is 5.97 Å². The van der Waals surface area contributed by atoms with Gasteiger partial charge < -0.3 is 4.74 Å². The SMILES string of the molecule is O=C(Cc1cccc2ccccc12)OCC(=O)c1ccccc1Br. The molecule has 0 atom stereocenters. The summed E-state index contributed by atoms with van der Waals surface area (Å²) in [5.74, 6) is -0.638. The van der Waals surface area contributed by atoms with E-state index in [1.54, 1.807) is 18.2 Å². The van der Waals surface area contributed by atoms with Gasteiger partial charge in [0.05, 0.1) is 6.42 Å². The molecule has 0 unspecified atom stereocenters. The van der Waals surface area contributed by atoms with E-state index in [-0.39, 0.29) is 18.8 Å². The third kappa shape index (κ3) is 3.71. The topological polar surface area (TPSA) is 43.4 Å². The lowest BCUT2D eigenvalue weighted by molar-refractivity contribution is -0.141. The third-order valence-corrected chi connectivity index (χ3v) is 4.44. The van der Waals surface area contributed by atoms with Crippen LogP contribution >= 0.6 is 15.9 Å². The van der Waals surface area contributed by atoms with Gasteiger partial charge >= 0.3 is 5.97 Å². The van der Waals surface area contributed by atoms with E-state index in [0.717, 1.165) is 16.3 Å². The van der Waals surface area contributed by atoms with E-state index >= 15 is 0 Å². The smallest absolute Gasteiger partial charge is 0.310 e. The van der Waals surface area contributed by atoms with E-state index in [4.69, 9.17) is 4.74 Å². The van der Waals surface area contributed by atoms with E-state index in [1.165, 1.54) is 0 Å². The maximum Gasteiger partial charge on any atom is 0.310 e. The molecular formula is C20H15BrO3. The zero-order valence-corrected chi connectivity index (χ0v) is 14.5. The minimum atomic E-state index is -0.410. The minimum absolute atomic E-state index is 0.143. The van der Waals surface area contributed by atoms with Crippen LogP contribution < -0.4 is 0 Å². The van der Waals surface area contributed by atoms with Crippen LogP contribution in [0.5, 0.6) is 0 Å². The van der Waals surface area contributed by atoms with Gasteiger partial charge in [0, 0.05) is 10.0 Å². The summed E-state index contributed by atoms with van der Waals surface area (Å²) in [6.07, 6.45) is 0.143. The van der Waals surface area contributed by atoms with Crippen LogP contribution in [-0.2, 0) is 16.0 Å². The monoisotopic (exact) mass is 382 g/mol. The number of esters is 1. The Balaban J connectivity index is 1.66. The number of hydrogen-bond acceptors (Lipinski definition) is 3. The number of ketones is 1. The van der Waals surface area contributed by atoms with Crippen LogP contribution in [0.4, 0.5) is 0 Å². The normalized spacial score (nSPS) is 10.5. The number of hydrogen-bond donors (Lipinski definition) is 0. The minimum Gasteiger partial charge on any atom is -0.457 e.